The zero-order valence-electron chi connectivity index (χ0n) is 14.0. The van der Waals surface area contributed by atoms with Crippen LogP contribution in [0.2, 0.25) is 0 Å². The standard InChI is InChI=1S/C14H20F8O3/c1-5-10(3,8(9(23)24)13(17,18)19)25-7-12(16,14(20,21)22)11(4,15)6-2/h8H,5-7H2,1-4H3,(H,23,24). The summed E-state index contributed by atoms with van der Waals surface area (Å²) in [4.78, 5) is 10.9. The lowest BCUT2D eigenvalue weighted by atomic mass is 9.83. The molecule has 0 saturated heterocycles. The number of carboxylic acid groups (broad SMARTS) is 1. The summed E-state index contributed by atoms with van der Waals surface area (Å²) in [6, 6.07) is 0. The molecule has 0 aliphatic carbocycles. The highest BCUT2D eigenvalue weighted by atomic mass is 19.4. The Morgan fingerprint density at radius 2 is 1.40 bits per heavy atom. The molecule has 0 aromatic rings. The van der Waals surface area contributed by atoms with E-state index in [1.807, 2.05) is 0 Å². The fourth-order valence-corrected chi connectivity index (χ4v) is 2.21. The Labute approximate surface area is 139 Å². The molecule has 4 atom stereocenters. The monoisotopic (exact) mass is 388 g/mol. The molecular formula is C14H20F8O3. The first-order valence-electron chi connectivity index (χ1n) is 7.27. The van der Waals surface area contributed by atoms with Crippen molar-refractivity contribution in [2.24, 2.45) is 5.92 Å². The summed E-state index contributed by atoms with van der Waals surface area (Å²) in [6.07, 6.45) is -12.8. The summed E-state index contributed by atoms with van der Waals surface area (Å²) in [5, 5.41) is 8.78. The number of carboxylic acids is 1. The molecule has 0 aliphatic rings. The Hall–Kier alpha value is -1.13. The van der Waals surface area contributed by atoms with Crippen LogP contribution in [0.4, 0.5) is 35.1 Å². The van der Waals surface area contributed by atoms with Gasteiger partial charge in [-0.3, -0.25) is 4.79 Å². The predicted octanol–water partition coefficient (Wildman–Crippen LogP) is 4.84. The van der Waals surface area contributed by atoms with Gasteiger partial charge in [0, 0.05) is 0 Å². The molecule has 0 rings (SSSR count). The largest absolute Gasteiger partial charge is 0.481 e. The topological polar surface area (TPSA) is 46.5 Å². The fraction of sp³-hybridized carbons (Fsp3) is 0.929. The molecule has 11 heteroatoms. The van der Waals surface area contributed by atoms with Crippen molar-refractivity contribution in [2.75, 3.05) is 6.61 Å². The van der Waals surface area contributed by atoms with E-state index >= 15 is 0 Å². The quantitative estimate of drug-likeness (QED) is 0.605. The lowest BCUT2D eigenvalue weighted by Gasteiger charge is -2.41. The lowest BCUT2D eigenvalue weighted by Crippen LogP contribution is -2.61. The molecule has 25 heavy (non-hydrogen) atoms. The first-order valence-corrected chi connectivity index (χ1v) is 7.27. The van der Waals surface area contributed by atoms with Crippen molar-refractivity contribution < 1.29 is 49.8 Å². The summed E-state index contributed by atoms with van der Waals surface area (Å²) < 4.78 is 111. The molecule has 150 valence electrons. The molecule has 0 aromatic heterocycles. The summed E-state index contributed by atoms with van der Waals surface area (Å²) >= 11 is 0. The van der Waals surface area contributed by atoms with Crippen LogP contribution in [0.15, 0.2) is 0 Å². The molecule has 0 heterocycles. The lowest BCUT2D eigenvalue weighted by molar-refractivity contribution is -0.303. The first-order chi connectivity index (χ1) is 10.9. The van der Waals surface area contributed by atoms with Crippen molar-refractivity contribution in [3.63, 3.8) is 0 Å². The van der Waals surface area contributed by atoms with Crippen LogP contribution in [0.25, 0.3) is 0 Å². The molecule has 4 unspecified atom stereocenters. The minimum absolute atomic E-state index is 0.311. The van der Waals surface area contributed by atoms with E-state index in [1.165, 1.54) is 0 Å². The van der Waals surface area contributed by atoms with Crippen molar-refractivity contribution >= 4 is 5.97 Å². The average molecular weight is 388 g/mol. The molecule has 0 bridgehead atoms. The van der Waals surface area contributed by atoms with Gasteiger partial charge in [-0.2, -0.15) is 26.3 Å². The molecule has 1 N–H and O–H groups in total. The van der Waals surface area contributed by atoms with Gasteiger partial charge in [0.1, 0.15) is 0 Å². The molecule has 0 aliphatic heterocycles. The number of aliphatic carboxylic acids is 1. The second kappa shape index (κ2) is 7.24. The maximum Gasteiger partial charge on any atom is 0.428 e. The van der Waals surface area contributed by atoms with Gasteiger partial charge in [0.05, 0.1) is 12.2 Å². The number of carbonyl (C=O) groups is 1. The zero-order valence-corrected chi connectivity index (χ0v) is 14.0. The first kappa shape index (κ1) is 23.9. The van der Waals surface area contributed by atoms with Crippen molar-refractivity contribution in [2.45, 2.75) is 69.8 Å². The summed E-state index contributed by atoms with van der Waals surface area (Å²) in [7, 11) is 0. The molecule has 0 radical (unpaired) electrons. The van der Waals surface area contributed by atoms with Crippen LogP contribution >= 0.6 is 0 Å². The van der Waals surface area contributed by atoms with E-state index in [-0.39, 0.29) is 0 Å². The highest BCUT2D eigenvalue weighted by molar-refractivity contribution is 5.72. The minimum atomic E-state index is -5.78. The highest BCUT2D eigenvalue weighted by Gasteiger charge is 2.68. The van der Waals surface area contributed by atoms with Crippen LogP contribution in [0, 0.1) is 5.92 Å². The maximum absolute atomic E-state index is 14.5. The summed E-state index contributed by atoms with van der Waals surface area (Å²) in [5.41, 5.74) is -10.8. The van der Waals surface area contributed by atoms with Gasteiger partial charge in [-0.05, 0) is 26.7 Å². The minimum Gasteiger partial charge on any atom is -0.481 e. The number of halogens is 8. The predicted molar refractivity (Wildman–Crippen MR) is 71.5 cm³/mol. The number of hydrogen-bond donors (Lipinski definition) is 1. The number of alkyl halides is 8. The SMILES string of the molecule is CCC(C)(OCC(F)(C(F)(F)F)C(C)(F)CC)C(C(=O)O)C(F)(F)F. The van der Waals surface area contributed by atoms with Gasteiger partial charge in [-0.15, -0.1) is 0 Å². The zero-order chi connectivity index (χ0) is 20.5. The van der Waals surface area contributed by atoms with Crippen LogP contribution in [-0.2, 0) is 9.53 Å². The van der Waals surface area contributed by atoms with E-state index < -0.39 is 60.6 Å². The smallest absolute Gasteiger partial charge is 0.428 e. The maximum atomic E-state index is 14.5. The Bertz CT molecular complexity index is 474. The second-order valence-electron chi connectivity index (χ2n) is 6.12. The van der Waals surface area contributed by atoms with Crippen LogP contribution in [-0.4, -0.2) is 47.0 Å². The molecule has 3 nitrogen and oxygen atoms in total. The van der Waals surface area contributed by atoms with Crippen molar-refractivity contribution in [1.82, 2.24) is 0 Å². The van der Waals surface area contributed by atoms with E-state index in [0.717, 1.165) is 13.8 Å². The number of ether oxygens (including phenoxy) is 1. The Balaban J connectivity index is 5.88. The van der Waals surface area contributed by atoms with Gasteiger partial charge in [-0.1, -0.05) is 13.8 Å². The van der Waals surface area contributed by atoms with E-state index in [9.17, 15) is 39.9 Å². The third-order valence-electron chi connectivity index (χ3n) is 4.43. The molecule has 0 amide bonds. The Morgan fingerprint density at radius 1 is 0.960 bits per heavy atom. The van der Waals surface area contributed by atoms with E-state index in [4.69, 9.17) is 5.11 Å². The van der Waals surface area contributed by atoms with Gasteiger partial charge >= 0.3 is 18.3 Å². The van der Waals surface area contributed by atoms with Gasteiger partial charge in [0.15, 0.2) is 11.6 Å². The van der Waals surface area contributed by atoms with Crippen LogP contribution in [0.3, 0.4) is 0 Å². The molecule has 0 saturated carbocycles. The molecule has 0 spiro atoms. The Kier molecular flexibility index (Phi) is 6.91. The van der Waals surface area contributed by atoms with E-state index in [1.54, 1.807) is 0 Å². The van der Waals surface area contributed by atoms with Crippen LogP contribution < -0.4 is 0 Å². The van der Waals surface area contributed by atoms with Crippen molar-refractivity contribution in [3.05, 3.63) is 0 Å². The molecule has 0 aromatic carbocycles. The van der Waals surface area contributed by atoms with E-state index in [0.29, 0.717) is 13.8 Å². The normalized spacial score (nSPS) is 21.8. The molecule has 0 fully saturated rings. The van der Waals surface area contributed by atoms with E-state index in [2.05, 4.69) is 4.74 Å². The van der Waals surface area contributed by atoms with Gasteiger partial charge in [-0.25, -0.2) is 8.78 Å². The van der Waals surface area contributed by atoms with Gasteiger partial charge in [0.25, 0.3) is 5.67 Å². The highest BCUT2D eigenvalue weighted by Crippen LogP contribution is 2.48. The third kappa shape index (κ3) is 4.73. The van der Waals surface area contributed by atoms with Crippen LogP contribution in [0.1, 0.15) is 40.5 Å². The fourth-order valence-electron chi connectivity index (χ4n) is 2.21. The van der Waals surface area contributed by atoms with Crippen molar-refractivity contribution in [3.8, 4) is 0 Å². The third-order valence-corrected chi connectivity index (χ3v) is 4.43. The summed E-state index contributed by atoms with van der Waals surface area (Å²) in [6.45, 7) is 0.753. The second-order valence-corrected chi connectivity index (χ2v) is 6.12. The average Bonchev–Trinajstić information content (AvgIpc) is 2.41. The number of rotatable bonds is 8. The van der Waals surface area contributed by atoms with Crippen LogP contribution in [0.5, 0.6) is 0 Å². The number of hydrogen-bond acceptors (Lipinski definition) is 2. The van der Waals surface area contributed by atoms with Crippen molar-refractivity contribution in [1.29, 1.82) is 0 Å². The molecular weight excluding hydrogens is 368 g/mol. The van der Waals surface area contributed by atoms with Gasteiger partial charge < -0.3 is 9.84 Å². The Morgan fingerprint density at radius 3 is 1.64 bits per heavy atom. The van der Waals surface area contributed by atoms with Gasteiger partial charge in [0.2, 0.25) is 0 Å². The summed E-state index contributed by atoms with van der Waals surface area (Å²) in [5.74, 6) is -5.61.